The quantitative estimate of drug-likeness (QED) is 0.669. The first-order valence-electron chi connectivity index (χ1n) is 4.00. The van der Waals surface area contributed by atoms with Crippen molar-refractivity contribution in [2.45, 2.75) is 25.3 Å². The Balaban J connectivity index is 2.16. The molecule has 0 unspecified atom stereocenters. The van der Waals surface area contributed by atoms with E-state index in [9.17, 15) is 0 Å². The van der Waals surface area contributed by atoms with Gasteiger partial charge in [0.25, 0.3) is 0 Å². The van der Waals surface area contributed by atoms with Crippen LogP contribution in [0.15, 0.2) is 6.20 Å². The molecule has 1 fully saturated rings. The number of hydrogen-bond donors (Lipinski definition) is 1. The van der Waals surface area contributed by atoms with Crippen LogP contribution in [0.5, 0.6) is 0 Å². The van der Waals surface area contributed by atoms with Crippen LogP contribution in [0.2, 0.25) is 0 Å². The van der Waals surface area contributed by atoms with Crippen LogP contribution in [0.4, 0.5) is 0 Å². The normalized spacial score (nSPS) is 17.2. The Labute approximate surface area is 65.4 Å². The topological polar surface area (TPSA) is 56.7 Å². The summed E-state index contributed by atoms with van der Waals surface area (Å²) in [6.45, 7) is 1.44. The number of rotatable bonds is 3. The van der Waals surface area contributed by atoms with E-state index in [0.717, 1.165) is 12.5 Å². The lowest BCUT2D eigenvalue weighted by molar-refractivity contribution is 0.573. The van der Waals surface area contributed by atoms with Crippen LogP contribution in [0, 0.1) is 0 Å². The van der Waals surface area contributed by atoms with Crippen molar-refractivity contribution in [2.24, 2.45) is 5.73 Å². The first-order chi connectivity index (χ1) is 5.42. The fourth-order valence-electron chi connectivity index (χ4n) is 1.26. The summed E-state index contributed by atoms with van der Waals surface area (Å²) < 4.78 is 1.91. The molecule has 2 N–H and O–H groups in total. The van der Waals surface area contributed by atoms with Crippen LogP contribution >= 0.6 is 0 Å². The highest BCUT2D eigenvalue weighted by Crippen LogP contribution is 2.39. The van der Waals surface area contributed by atoms with Crippen LogP contribution in [-0.2, 0) is 6.54 Å². The average molecular weight is 152 g/mol. The maximum absolute atomic E-state index is 5.42. The van der Waals surface area contributed by atoms with E-state index >= 15 is 0 Å². The summed E-state index contributed by atoms with van der Waals surface area (Å²) >= 11 is 0. The molecule has 1 aliphatic rings. The van der Waals surface area contributed by atoms with E-state index in [-0.39, 0.29) is 0 Å². The molecule has 1 saturated carbocycles. The lowest BCUT2D eigenvalue weighted by atomic mass is 10.3. The standard InChI is InChI=1S/C7H12N4/c8-3-4-11-7(5-9-10-11)6-1-2-6/h5-6H,1-4,8H2. The van der Waals surface area contributed by atoms with Gasteiger partial charge in [0.15, 0.2) is 0 Å². The van der Waals surface area contributed by atoms with Gasteiger partial charge in [0.05, 0.1) is 18.4 Å². The molecule has 0 atom stereocenters. The minimum Gasteiger partial charge on any atom is -0.329 e. The second-order valence-corrected chi connectivity index (χ2v) is 2.94. The van der Waals surface area contributed by atoms with Gasteiger partial charge in [-0.15, -0.1) is 5.10 Å². The van der Waals surface area contributed by atoms with Crippen molar-refractivity contribution in [1.29, 1.82) is 0 Å². The fraction of sp³-hybridized carbons (Fsp3) is 0.714. The zero-order valence-corrected chi connectivity index (χ0v) is 6.40. The summed E-state index contributed by atoms with van der Waals surface area (Å²) in [5.41, 5.74) is 6.68. The van der Waals surface area contributed by atoms with Crippen LogP contribution in [0.25, 0.3) is 0 Å². The summed E-state index contributed by atoms with van der Waals surface area (Å²) in [4.78, 5) is 0. The van der Waals surface area contributed by atoms with Crippen molar-refractivity contribution >= 4 is 0 Å². The molecule has 0 aliphatic heterocycles. The largest absolute Gasteiger partial charge is 0.329 e. The second kappa shape index (κ2) is 2.62. The SMILES string of the molecule is NCCn1nncc1C1CC1. The van der Waals surface area contributed by atoms with Gasteiger partial charge in [-0.1, -0.05) is 5.21 Å². The molecule has 0 saturated heterocycles. The van der Waals surface area contributed by atoms with E-state index in [0.29, 0.717) is 6.54 Å². The Morgan fingerprint density at radius 3 is 3.09 bits per heavy atom. The first kappa shape index (κ1) is 6.79. The highest BCUT2D eigenvalue weighted by molar-refractivity contribution is 5.10. The van der Waals surface area contributed by atoms with Gasteiger partial charge in [-0.2, -0.15) is 0 Å². The zero-order valence-electron chi connectivity index (χ0n) is 6.40. The minimum atomic E-state index is 0.642. The van der Waals surface area contributed by atoms with Crippen LogP contribution in [0.3, 0.4) is 0 Å². The van der Waals surface area contributed by atoms with Gasteiger partial charge in [0.2, 0.25) is 0 Å². The van der Waals surface area contributed by atoms with Gasteiger partial charge in [0, 0.05) is 12.5 Å². The third-order valence-corrected chi connectivity index (χ3v) is 1.98. The molecule has 2 rings (SSSR count). The van der Waals surface area contributed by atoms with Gasteiger partial charge in [-0.25, -0.2) is 4.68 Å². The van der Waals surface area contributed by atoms with Crippen molar-refractivity contribution in [3.63, 3.8) is 0 Å². The molecule has 0 bridgehead atoms. The Morgan fingerprint density at radius 2 is 2.45 bits per heavy atom. The fourth-order valence-corrected chi connectivity index (χ4v) is 1.26. The molecule has 4 nitrogen and oxygen atoms in total. The molecule has 1 heterocycles. The summed E-state index contributed by atoms with van der Waals surface area (Å²) in [6.07, 6.45) is 4.43. The lowest BCUT2D eigenvalue weighted by Crippen LogP contribution is -2.13. The predicted molar refractivity (Wildman–Crippen MR) is 41.1 cm³/mol. The highest BCUT2D eigenvalue weighted by atomic mass is 15.4. The average Bonchev–Trinajstić information content (AvgIpc) is 2.75. The lowest BCUT2D eigenvalue weighted by Gasteiger charge is -2.00. The van der Waals surface area contributed by atoms with Crippen molar-refractivity contribution < 1.29 is 0 Å². The second-order valence-electron chi connectivity index (χ2n) is 2.94. The van der Waals surface area contributed by atoms with Crippen LogP contribution in [-0.4, -0.2) is 21.5 Å². The number of nitrogens with zero attached hydrogens (tertiary/aromatic N) is 3. The molecule has 4 heteroatoms. The first-order valence-corrected chi connectivity index (χ1v) is 4.00. The maximum atomic E-state index is 5.42. The summed E-state index contributed by atoms with van der Waals surface area (Å²) in [5.74, 6) is 0.719. The van der Waals surface area contributed by atoms with Crippen molar-refractivity contribution in [3.05, 3.63) is 11.9 Å². The van der Waals surface area contributed by atoms with Gasteiger partial charge in [-0.3, -0.25) is 0 Å². The van der Waals surface area contributed by atoms with Gasteiger partial charge in [0.1, 0.15) is 0 Å². The Kier molecular flexibility index (Phi) is 1.62. The monoisotopic (exact) mass is 152 g/mol. The molecular weight excluding hydrogens is 140 g/mol. The van der Waals surface area contributed by atoms with Crippen LogP contribution < -0.4 is 5.73 Å². The Hall–Kier alpha value is -0.900. The molecule has 11 heavy (non-hydrogen) atoms. The van der Waals surface area contributed by atoms with E-state index in [1.807, 2.05) is 10.9 Å². The number of aromatic nitrogens is 3. The molecule has 1 aliphatic carbocycles. The summed E-state index contributed by atoms with van der Waals surface area (Å²) in [5, 5.41) is 7.81. The van der Waals surface area contributed by atoms with E-state index in [2.05, 4.69) is 10.3 Å². The summed E-state index contributed by atoms with van der Waals surface area (Å²) in [6, 6.07) is 0. The van der Waals surface area contributed by atoms with Gasteiger partial charge in [-0.05, 0) is 12.8 Å². The third kappa shape index (κ3) is 1.26. The van der Waals surface area contributed by atoms with E-state index in [1.54, 1.807) is 0 Å². The van der Waals surface area contributed by atoms with E-state index in [4.69, 9.17) is 5.73 Å². The highest BCUT2D eigenvalue weighted by Gasteiger charge is 2.27. The smallest absolute Gasteiger partial charge is 0.0728 e. The van der Waals surface area contributed by atoms with Crippen LogP contribution in [0.1, 0.15) is 24.5 Å². The molecule has 0 amide bonds. The zero-order chi connectivity index (χ0) is 7.68. The number of nitrogens with two attached hydrogens (primary N) is 1. The molecular formula is C7H12N4. The number of hydrogen-bond acceptors (Lipinski definition) is 3. The molecule has 0 radical (unpaired) electrons. The van der Waals surface area contributed by atoms with Gasteiger partial charge >= 0.3 is 0 Å². The van der Waals surface area contributed by atoms with Crippen molar-refractivity contribution in [2.75, 3.05) is 6.54 Å². The Bertz CT molecular complexity index is 238. The molecule has 0 aromatic carbocycles. The summed E-state index contributed by atoms with van der Waals surface area (Å²) in [7, 11) is 0. The Morgan fingerprint density at radius 1 is 1.64 bits per heavy atom. The van der Waals surface area contributed by atoms with Crippen molar-refractivity contribution in [3.8, 4) is 0 Å². The van der Waals surface area contributed by atoms with Crippen molar-refractivity contribution in [1.82, 2.24) is 15.0 Å². The molecule has 60 valence electrons. The molecule has 1 aromatic heterocycles. The predicted octanol–water partition coefficient (Wildman–Crippen LogP) is 0.114. The maximum Gasteiger partial charge on any atom is 0.0728 e. The molecule has 1 aromatic rings. The minimum absolute atomic E-state index is 0.642. The molecule has 0 spiro atoms. The van der Waals surface area contributed by atoms with E-state index < -0.39 is 0 Å². The van der Waals surface area contributed by atoms with E-state index in [1.165, 1.54) is 18.5 Å². The third-order valence-electron chi connectivity index (χ3n) is 1.98. The van der Waals surface area contributed by atoms with Gasteiger partial charge < -0.3 is 5.73 Å².